The molecule has 1 amide bonds. The number of ether oxygens (including phenoxy) is 1. The van der Waals surface area contributed by atoms with Gasteiger partial charge in [0.15, 0.2) is 12.3 Å². The molecule has 0 bridgehead atoms. The number of fused-ring (bicyclic) bond motifs is 1. The van der Waals surface area contributed by atoms with Gasteiger partial charge in [0.25, 0.3) is 11.6 Å². The maximum atomic E-state index is 12.0. The molecule has 2 aromatic heterocycles. The molecule has 0 unspecified atom stereocenters. The first-order chi connectivity index (χ1) is 12.4. The van der Waals surface area contributed by atoms with Crippen LogP contribution in [0.1, 0.15) is 10.5 Å². The van der Waals surface area contributed by atoms with E-state index in [1.165, 1.54) is 18.3 Å². The highest BCUT2D eigenvalue weighted by atomic mass is 35.5. The summed E-state index contributed by atoms with van der Waals surface area (Å²) in [5.41, 5.74) is 0.608. The van der Waals surface area contributed by atoms with Crippen LogP contribution in [0.3, 0.4) is 0 Å². The Hall–Kier alpha value is -3.46. The summed E-state index contributed by atoms with van der Waals surface area (Å²) >= 11 is 5.88. The molecule has 3 aromatic rings. The van der Waals surface area contributed by atoms with E-state index in [4.69, 9.17) is 16.3 Å². The van der Waals surface area contributed by atoms with Gasteiger partial charge in [0.2, 0.25) is 0 Å². The average molecular weight is 375 g/mol. The van der Waals surface area contributed by atoms with E-state index in [2.05, 4.69) is 10.3 Å². The number of carbonyl (C=O) groups is 2. The topological polar surface area (TPSA) is 116 Å². The summed E-state index contributed by atoms with van der Waals surface area (Å²) < 4.78 is 6.56. The molecule has 3 rings (SSSR count). The normalized spacial score (nSPS) is 10.5. The molecule has 9 nitrogen and oxygen atoms in total. The number of nitro benzene ring substituents is 1. The van der Waals surface area contributed by atoms with E-state index >= 15 is 0 Å². The third-order valence-electron chi connectivity index (χ3n) is 3.35. The van der Waals surface area contributed by atoms with Crippen LogP contribution in [-0.2, 0) is 9.53 Å². The first-order valence-electron chi connectivity index (χ1n) is 7.28. The van der Waals surface area contributed by atoms with Crippen molar-refractivity contribution in [3.8, 4) is 0 Å². The Labute approximate surface area is 151 Å². The number of amides is 1. The quantitative estimate of drug-likeness (QED) is 0.417. The van der Waals surface area contributed by atoms with E-state index in [1.54, 1.807) is 28.8 Å². The van der Waals surface area contributed by atoms with Crippen LogP contribution in [0.4, 0.5) is 11.4 Å². The standard InChI is InChI=1S/C16H11ClN4O5/c17-11-7-10(21(24)25)4-5-12(11)19-15(22)9-26-16(23)13-8-20-6-2-1-3-14(20)18-13/h1-8H,9H2,(H,19,22). The third-order valence-corrected chi connectivity index (χ3v) is 3.66. The zero-order valence-corrected chi connectivity index (χ0v) is 13.8. The largest absolute Gasteiger partial charge is 0.451 e. The van der Waals surface area contributed by atoms with Gasteiger partial charge in [-0.3, -0.25) is 14.9 Å². The predicted octanol–water partition coefficient (Wildman–Crippen LogP) is 2.69. The van der Waals surface area contributed by atoms with Crippen molar-refractivity contribution in [1.82, 2.24) is 9.38 Å². The molecule has 0 aliphatic heterocycles. The van der Waals surface area contributed by atoms with Gasteiger partial charge in [0, 0.05) is 24.5 Å². The number of halogens is 1. The van der Waals surface area contributed by atoms with Crippen LogP contribution < -0.4 is 5.32 Å². The molecule has 1 aromatic carbocycles. The van der Waals surface area contributed by atoms with Crippen molar-refractivity contribution in [1.29, 1.82) is 0 Å². The Balaban J connectivity index is 1.60. The molecule has 0 saturated carbocycles. The van der Waals surface area contributed by atoms with Gasteiger partial charge in [-0.1, -0.05) is 17.7 Å². The number of benzene rings is 1. The Morgan fingerprint density at radius 1 is 1.31 bits per heavy atom. The molecule has 1 N–H and O–H groups in total. The highest BCUT2D eigenvalue weighted by Gasteiger charge is 2.15. The van der Waals surface area contributed by atoms with Crippen molar-refractivity contribution in [2.24, 2.45) is 0 Å². The fraction of sp³-hybridized carbons (Fsp3) is 0.0625. The van der Waals surface area contributed by atoms with Crippen molar-refractivity contribution >= 4 is 40.5 Å². The van der Waals surface area contributed by atoms with E-state index in [-0.39, 0.29) is 22.1 Å². The summed E-state index contributed by atoms with van der Waals surface area (Å²) in [4.78, 5) is 38.0. The van der Waals surface area contributed by atoms with E-state index in [0.29, 0.717) is 5.65 Å². The zero-order valence-electron chi connectivity index (χ0n) is 13.1. The minimum Gasteiger partial charge on any atom is -0.451 e. The van der Waals surface area contributed by atoms with Gasteiger partial charge < -0.3 is 14.5 Å². The Kier molecular flexibility index (Phi) is 4.81. The van der Waals surface area contributed by atoms with Crippen LogP contribution in [-0.4, -0.2) is 32.8 Å². The number of nitrogens with zero attached hydrogens (tertiary/aromatic N) is 3. The van der Waals surface area contributed by atoms with Crippen molar-refractivity contribution in [2.75, 3.05) is 11.9 Å². The molecule has 0 saturated heterocycles. The molecule has 0 spiro atoms. The number of aromatic nitrogens is 2. The van der Waals surface area contributed by atoms with Crippen molar-refractivity contribution < 1.29 is 19.2 Å². The van der Waals surface area contributed by atoms with Gasteiger partial charge in [-0.25, -0.2) is 9.78 Å². The summed E-state index contributed by atoms with van der Waals surface area (Å²) in [6, 6.07) is 8.89. The number of nitro groups is 1. The number of imidazole rings is 1. The minimum absolute atomic E-state index is 0.000715. The molecule has 2 heterocycles. The van der Waals surface area contributed by atoms with Crippen LogP contribution in [0, 0.1) is 10.1 Å². The number of carbonyl (C=O) groups excluding carboxylic acids is 2. The van der Waals surface area contributed by atoms with Crippen molar-refractivity contribution in [3.05, 3.63) is 69.6 Å². The van der Waals surface area contributed by atoms with Gasteiger partial charge in [-0.2, -0.15) is 0 Å². The summed E-state index contributed by atoms with van der Waals surface area (Å²) in [5.74, 6) is -1.39. The molecule has 10 heteroatoms. The second-order valence-corrected chi connectivity index (χ2v) is 5.55. The molecule has 132 valence electrons. The number of rotatable bonds is 5. The molecule has 0 atom stereocenters. The van der Waals surface area contributed by atoms with Crippen LogP contribution in [0.5, 0.6) is 0 Å². The van der Waals surface area contributed by atoms with Gasteiger partial charge >= 0.3 is 5.97 Å². The van der Waals surface area contributed by atoms with Crippen LogP contribution in [0.15, 0.2) is 48.8 Å². The molecule has 0 fully saturated rings. The second-order valence-electron chi connectivity index (χ2n) is 5.14. The van der Waals surface area contributed by atoms with E-state index in [0.717, 1.165) is 6.07 Å². The monoisotopic (exact) mass is 374 g/mol. The first kappa shape index (κ1) is 17.4. The molecular weight excluding hydrogens is 364 g/mol. The van der Waals surface area contributed by atoms with Gasteiger partial charge in [0.05, 0.1) is 15.6 Å². The fourth-order valence-electron chi connectivity index (χ4n) is 2.14. The lowest BCUT2D eigenvalue weighted by atomic mass is 10.3. The summed E-state index contributed by atoms with van der Waals surface area (Å²) in [6.45, 7) is -0.556. The number of pyridine rings is 1. The first-order valence-corrected chi connectivity index (χ1v) is 7.66. The Bertz CT molecular complexity index is 984. The van der Waals surface area contributed by atoms with E-state index in [9.17, 15) is 19.7 Å². The molecule has 26 heavy (non-hydrogen) atoms. The smallest absolute Gasteiger partial charge is 0.359 e. The lowest BCUT2D eigenvalue weighted by molar-refractivity contribution is -0.384. The molecule has 0 aliphatic rings. The lowest BCUT2D eigenvalue weighted by Gasteiger charge is -2.07. The number of hydrogen-bond acceptors (Lipinski definition) is 6. The maximum absolute atomic E-state index is 12.0. The Morgan fingerprint density at radius 2 is 2.12 bits per heavy atom. The summed E-state index contributed by atoms with van der Waals surface area (Å²) in [5, 5.41) is 13.1. The summed E-state index contributed by atoms with van der Waals surface area (Å²) in [7, 11) is 0. The summed E-state index contributed by atoms with van der Waals surface area (Å²) in [6.07, 6.45) is 3.21. The number of esters is 1. The van der Waals surface area contributed by atoms with Crippen LogP contribution in [0.2, 0.25) is 5.02 Å². The molecule has 0 aliphatic carbocycles. The lowest BCUT2D eigenvalue weighted by Crippen LogP contribution is -2.21. The van der Waals surface area contributed by atoms with Crippen molar-refractivity contribution in [2.45, 2.75) is 0 Å². The Morgan fingerprint density at radius 3 is 2.81 bits per heavy atom. The van der Waals surface area contributed by atoms with Crippen molar-refractivity contribution in [3.63, 3.8) is 0 Å². The van der Waals surface area contributed by atoms with E-state index in [1.807, 2.05) is 0 Å². The predicted molar refractivity (Wildman–Crippen MR) is 92.2 cm³/mol. The molecular formula is C16H11ClN4O5. The second kappa shape index (κ2) is 7.19. The van der Waals surface area contributed by atoms with Crippen LogP contribution >= 0.6 is 11.6 Å². The molecule has 0 radical (unpaired) electrons. The minimum atomic E-state index is -0.751. The zero-order chi connectivity index (χ0) is 18.7. The fourth-order valence-corrected chi connectivity index (χ4v) is 2.37. The maximum Gasteiger partial charge on any atom is 0.359 e. The number of non-ortho nitro benzene ring substituents is 1. The third kappa shape index (κ3) is 3.78. The van der Waals surface area contributed by atoms with Crippen LogP contribution in [0.25, 0.3) is 5.65 Å². The van der Waals surface area contributed by atoms with Gasteiger partial charge in [0.1, 0.15) is 5.65 Å². The number of hydrogen-bond donors (Lipinski definition) is 1. The van der Waals surface area contributed by atoms with Gasteiger partial charge in [-0.05, 0) is 18.2 Å². The average Bonchev–Trinajstić information content (AvgIpc) is 3.05. The number of anilines is 1. The highest BCUT2D eigenvalue weighted by Crippen LogP contribution is 2.26. The number of nitrogens with one attached hydrogen (secondary N) is 1. The van der Waals surface area contributed by atoms with E-state index < -0.39 is 23.4 Å². The van der Waals surface area contributed by atoms with Gasteiger partial charge in [-0.15, -0.1) is 0 Å². The SMILES string of the molecule is O=C(COC(=O)c1cn2ccccc2n1)Nc1ccc([N+](=O)[O-])cc1Cl. The highest BCUT2D eigenvalue weighted by molar-refractivity contribution is 6.34.